The lowest BCUT2D eigenvalue weighted by atomic mass is 10.1. The molecule has 3 nitrogen and oxygen atoms in total. The second-order valence-corrected chi connectivity index (χ2v) is 4.20. The lowest BCUT2D eigenvalue weighted by molar-refractivity contribution is -0.108. The molecule has 0 spiro atoms. The number of benzene rings is 1. The molecule has 0 aliphatic carbocycles. The summed E-state index contributed by atoms with van der Waals surface area (Å²) in [5.74, 6) is -0.699. The van der Waals surface area contributed by atoms with E-state index in [2.05, 4.69) is 0 Å². The van der Waals surface area contributed by atoms with E-state index in [0.29, 0.717) is 16.0 Å². The molecule has 5 heteroatoms. The van der Waals surface area contributed by atoms with Gasteiger partial charge in [-0.2, -0.15) is 0 Å². The van der Waals surface area contributed by atoms with E-state index < -0.39 is 11.0 Å². The van der Waals surface area contributed by atoms with Gasteiger partial charge in [-0.1, -0.05) is 17.7 Å². The van der Waals surface area contributed by atoms with Gasteiger partial charge in [-0.15, -0.1) is 0 Å². The van der Waals surface area contributed by atoms with Crippen LogP contribution in [0, 0.1) is 0 Å². The second-order valence-electron chi connectivity index (χ2n) is 3.42. The first-order chi connectivity index (χ1) is 7.50. The summed E-state index contributed by atoms with van der Waals surface area (Å²) >= 11 is 11.0. The van der Waals surface area contributed by atoms with E-state index in [-0.39, 0.29) is 0 Å². The molecule has 2 rings (SSSR count). The van der Waals surface area contributed by atoms with Crippen molar-refractivity contribution in [2.24, 2.45) is 7.05 Å². The summed E-state index contributed by atoms with van der Waals surface area (Å²) < 4.78 is 1.73. The third kappa shape index (κ3) is 1.72. The van der Waals surface area contributed by atoms with Crippen molar-refractivity contribution in [2.45, 2.75) is 0 Å². The summed E-state index contributed by atoms with van der Waals surface area (Å²) in [4.78, 5) is 22.4. The molecule has 0 amide bonds. The Kier molecular flexibility index (Phi) is 2.74. The summed E-state index contributed by atoms with van der Waals surface area (Å²) in [5, 5.41) is 0.262. The van der Waals surface area contributed by atoms with Gasteiger partial charge in [0.2, 0.25) is 5.78 Å². The zero-order chi connectivity index (χ0) is 11.9. The van der Waals surface area contributed by atoms with Crippen LogP contribution in [0.25, 0.3) is 10.9 Å². The Bertz CT molecular complexity index is 601. The van der Waals surface area contributed by atoms with Crippen LogP contribution >= 0.6 is 23.2 Å². The van der Waals surface area contributed by atoms with Gasteiger partial charge in [0.15, 0.2) is 0 Å². The van der Waals surface area contributed by atoms with Crippen LogP contribution in [0.5, 0.6) is 0 Å². The van der Waals surface area contributed by atoms with E-state index in [0.717, 1.165) is 5.52 Å². The number of aromatic nitrogens is 1. The van der Waals surface area contributed by atoms with Crippen LogP contribution in [0.15, 0.2) is 24.4 Å². The van der Waals surface area contributed by atoms with Crippen molar-refractivity contribution < 1.29 is 9.59 Å². The lowest BCUT2D eigenvalue weighted by Gasteiger charge is -1.96. The van der Waals surface area contributed by atoms with Gasteiger partial charge >= 0.3 is 0 Å². The highest BCUT2D eigenvalue weighted by Gasteiger charge is 2.18. The summed E-state index contributed by atoms with van der Waals surface area (Å²) in [6, 6.07) is 5.09. The van der Waals surface area contributed by atoms with E-state index in [1.807, 2.05) is 0 Å². The normalized spacial score (nSPS) is 10.7. The van der Waals surface area contributed by atoms with Gasteiger partial charge in [0.05, 0.1) is 5.56 Å². The van der Waals surface area contributed by atoms with Crippen LogP contribution in [0.2, 0.25) is 5.02 Å². The van der Waals surface area contributed by atoms with Crippen LogP contribution < -0.4 is 0 Å². The molecule has 0 bridgehead atoms. The number of carbonyl (C=O) groups is 2. The monoisotopic (exact) mass is 255 g/mol. The number of fused-ring (bicyclic) bond motifs is 1. The minimum absolute atomic E-state index is 0.300. The molecule has 1 aromatic carbocycles. The molecule has 0 aliphatic heterocycles. The minimum atomic E-state index is -0.984. The van der Waals surface area contributed by atoms with Crippen LogP contribution in [0.4, 0.5) is 0 Å². The zero-order valence-corrected chi connectivity index (χ0v) is 9.84. The van der Waals surface area contributed by atoms with Crippen LogP contribution in [0.1, 0.15) is 10.4 Å². The first-order valence-corrected chi connectivity index (χ1v) is 5.25. The lowest BCUT2D eigenvalue weighted by Crippen LogP contribution is -2.06. The molecular weight excluding hydrogens is 249 g/mol. The molecule has 2 aromatic rings. The Morgan fingerprint density at radius 1 is 1.31 bits per heavy atom. The molecule has 1 aromatic heterocycles. The molecule has 0 radical (unpaired) electrons. The first kappa shape index (κ1) is 11.2. The molecule has 0 saturated heterocycles. The molecule has 0 aliphatic rings. The third-order valence-electron chi connectivity index (χ3n) is 2.38. The number of nitrogens with zero attached hydrogens (tertiary/aromatic N) is 1. The fourth-order valence-corrected chi connectivity index (χ4v) is 1.91. The Balaban J connectivity index is 2.73. The zero-order valence-electron chi connectivity index (χ0n) is 8.33. The van der Waals surface area contributed by atoms with Crippen molar-refractivity contribution in [1.29, 1.82) is 0 Å². The predicted molar refractivity (Wildman–Crippen MR) is 63.1 cm³/mol. The van der Waals surface area contributed by atoms with Crippen LogP contribution in [-0.4, -0.2) is 15.6 Å². The standard InChI is InChI=1S/C11H7Cl2NO2/c1-14-5-8(10(15)11(13)16)7-3-2-6(12)4-9(7)14/h2-5H,1H3. The summed E-state index contributed by atoms with van der Waals surface area (Å²) in [6.07, 6.45) is 1.57. The molecule has 0 N–H and O–H groups in total. The Morgan fingerprint density at radius 3 is 2.62 bits per heavy atom. The second kappa shape index (κ2) is 3.92. The fourth-order valence-electron chi connectivity index (χ4n) is 1.64. The van der Waals surface area contributed by atoms with Gasteiger partial charge in [0, 0.05) is 29.2 Å². The van der Waals surface area contributed by atoms with E-state index >= 15 is 0 Å². The van der Waals surface area contributed by atoms with Crippen molar-refractivity contribution in [3.8, 4) is 0 Å². The van der Waals surface area contributed by atoms with E-state index in [9.17, 15) is 9.59 Å². The molecule has 0 unspecified atom stereocenters. The largest absolute Gasteiger partial charge is 0.350 e. The topological polar surface area (TPSA) is 39.1 Å². The number of halogens is 2. The number of hydrogen-bond donors (Lipinski definition) is 0. The maximum atomic E-state index is 11.5. The van der Waals surface area contributed by atoms with Gasteiger partial charge in [0.1, 0.15) is 0 Å². The van der Waals surface area contributed by atoms with Gasteiger partial charge in [-0.05, 0) is 23.7 Å². The molecule has 0 saturated carbocycles. The number of carbonyl (C=O) groups excluding carboxylic acids is 2. The van der Waals surface area contributed by atoms with Gasteiger partial charge in [-0.25, -0.2) is 0 Å². The maximum Gasteiger partial charge on any atom is 0.293 e. The molecule has 82 valence electrons. The summed E-state index contributed by atoms with van der Waals surface area (Å²) in [7, 11) is 1.77. The first-order valence-electron chi connectivity index (χ1n) is 4.49. The highest BCUT2D eigenvalue weighted by Crippen LogP contribution is 2.24. The highest BCUT2D eigenvalue weighted by atomic mass is 35.5. The number of hydrogen-bond acceptors (Lipinski definition) is 2. The van der Waals surface area contributed by atoms with Crippen molar-refractivity contribution in [3.05, 3.63) is 35.0 Å². The number of rotatable bonds is 2. The molecular formula is C11H7Cl2NO2. The highest BCUT2D eigenvalue weighted by molar-refractivity contribution is 6.83. The van der Waals surface area contributed by atoms with Crippen LogP contribution in [-0.2, 0) is 11.8 Å². The van der Waals surface area contributed by atoms with Crippen LogP contribution in [0.3, 0.4) is 0 Å². The average Bonchev–Trinajstić information content (AvgIpc) is 2.55. The SMILES string of the molecule is Cn1cc(C(=O)C(=O)Cl)c2ccc(Cl)cc21. The van der Waals surface area contributed by atoms with Gasteiger partial charge in [0.25, 0.3) is 5.24 Å². The molecule has 0 fully saturated rings. The van der Waals surface area contributed by atoms with Gasteiger partial charge < -0.3 is 4.57 Å². The smallest absolute Gasteiger partial charge is 0.293 e. The van der Waals surface area contributed by atoms with Crippen molar-refractivity contribution in [1.82, 2.24) is 4.57 Å². The third-order valence-corrected chi connectivity index (χ3v) is 2.78. The minimum Gasteiger partial charge on any atom is -0.350 e. The van der Waals surface area contributed by atoms with Gasteiger partial charge in [-0.3, -0.25) is 9.59 Å². The number of ketones is 1. The Hall–Kier alpha value is -1.32. The number of Topliss-reactive ketones (excluding diaryl/α,β-unsaturated/α-hetero) is 1. The number of aryl methyl sites for hydroxylation is 1. The van der Waals surface area contributed by atoms with Crippen molar-refractivity contribution in [2.75, 3.05) is 0 Å². The Morgan fingerprint density at radius 2 is 2.00 bits per heavy atom. The summed E-state index contributed by atoms with van der Waals surface area (Å²) in [6.45, 7) is 0. The molecule has 0 atom stereocenters. The molecule has 16 heavy (non-hydrogen) atoms. The van der Waals surface area contributed by atoms with E-state index in [1.165, 1.54) is 0 Å². The van der Waals surface area contributed by atoms with Crippen molar-refractivity contribution in [3.63, 3.8) is 0 Å². The predicted octanol–water partition coefficient (Wildman–Crippen LogP) is 2.78. The quantitative estimate of drug-likeness (QED) is 0.470. The Labute approximate surface area is 102 Å². The average molecular weight is 256 g/mol. The van der Waals surface area contributed by atoms with E-state index in [4.69, 9.17) is 23.2 Å². The van der Waals surface area contributed by atoms with E-state index in [1.54, 1.807) is 36.0 Å². The fraction of sp³-hybridized carbons (Fsp3) is 0.0909. The molecule has 1 heterocycles. The maximum absolute atomic E-state index is 11.5. The van der Waals surface area contributed by atoms with Crippen molar-refractivity contribution >= 4 is 45.1 Å². The summed E-state index contributed by atoms with van der Waals surface area (Å²) in [5.41, 5.74) is 1.09.